The molecule has 0 saturated carbocycles. The van der Waals surface area contributed by atoms with Gasteiger partial charge in [0, 0.05) is 33.9 Å². The number of hydrogen-bond acceptors (Lipinski definition) is 6. The van der Waals surface area contributed by atoms with Crippen molar-refractivity contribution < 1.29 is 9.59 Å². The zero-order valence-electron chi connectivity index (χ0n) is 18.3. The summed E-state index contributed by atoms with van der Waals surface area (Å²) in [4.78, 5) is 33.9. The van der Waals surface area contributed by atoms with Gasteiger partial charge in [-0.2, -0.15) is 0 Å². The number of hydrogen-bond donors (Lipinski definition) is 4. The predicted octanol–water partition coefficient (Wildman–Crippen LogP) is 3.70. The molecule has 0 aliphatic carbocycles. The molecule has 1 saturated heterocycles. The summed E-state index contributed by atoms with van der Waals surface area (Å²) in [5, 5.41) is 9.93. The highest BCUT2D eigenvalue weighted by Gasteiger charge is 2.20. The Labute approximate surface area is 207 Å². The molecule has 1 aliphatic rings. The van der Waals surface area contributed by atoms with Crippen LogP contribution < -0.4 is 21.7 Å². The highest BCUT2D eigenvalue weighted by molar-refractivity contribution is 6.36. The van der Waals surface area contributed by atoms with Crippen molar-refractivity contribution in [2.24, 2.45) is 0 Å². The smallest absolute Gasteiger partial charge is 0.274 e. The second kappa shape index (κ2) is 10.8. The molecule has 176 valence electrons. The van der Waals surface area contributed by atoms with Gasteiger partial charge < -0.3 is 21.7 Å². The van der Waals surface area contributed by atoms with Crippen molar-refractivity contribution in [1.29, 1.82) is 0 Å². The van der Waals surface area contributed by atoms with Crippen LogP contribution in [0.1, 0.15) is 28.9 Å². The second-order valence-electron chi connectivity index (χ2n) is 8.01. The lowest BCUT2D eigenvalue weighted by Gasteiger charge is -2.23. The third kappa shape index (κ3) is 5.83. The number of anilines is 2. The van der Waals surface area contributed by atoms with E-state index in [0.717, 1.165) is 19.4 Å². The average Bonchev–Trinajstić information content (AvgIpc) is 2.82. The first kappa shape index (κ1) is 23.9. The number of benzene rings is 2. The van der Waals surface area contributed by atoms with E-state index in [9.17, 15) is 9.59 Å². The van der Waals surface area contributed by atoms with Crippen molar-refractivity contribution in [2.75, 3.05) is 24.1 Å². The van der Waals surface area contributed by atoms with Gasteiger partial charge >= 0.3 is 0 Å². The number of halogens is 2. The standard InChI is InChI=1S/C24H24Cl2N6O2/c25-18-7-2-8-19(26)17(18)11-21(33)30-15-5-1-4-14(10-15)20-13-29-23(27)22(32-20)24(34)31-16-6-3-9-28-12-16/h1-2,4-5,7-8,10,13,16,28H,3,6,9,11-12H2,(H2,27,29)(H,30,33)(H,31,34). The lowest BCUT2D eigenvalue weighted by atomic mass is 10.1. The Morgan fingerprint density at radius 3 is 2.65 bits per heavy atom. The molecule has 34 heavy (non-hydrogen) atoms. The Kier molecular flexibility index (Phi) is 7.62. The van der Waals surface area contributed by atoms with Crippen molar-refractivity contribution in [2.45, 2.75) is 25.3 Å². The van der Waals surface area contributed by atoms with E-state index in [1.807, 2.05) is 6.07 Å². The minimum Gasteiger partial charge on any atom is -0.382 e. The topological polar surface area (TPSA) is 122 Å². The quantitative estimate of drug-likeness (QED) is 0.411. The van der Waals surface area contributed by atoms with Crippen LogP contribution in [-0.2, 0) is 11.2 Å². The van der Waals surface area contributed by atoms with Crippen LogP contribution in [0.25, 0.3) is 11.3 Å². The largest absolute Gasteiger partial charge is 0.382 e. The molecular formula is C24H24Cl2N6O2. The zero-order valence-corrected chi connectivity index (χ0v) is 19.8. The van der Waals surface area contributed by atoms with Crippen molar-refractivity contribution in [1.82, 2.24) is 20.6 Å². The van der Waals surface area contributed by atoms with E-state index in [1.165, 1.54) is 6.20 Å². The summed E-state index contributed by atoms with van der Waals surface area (Å²) in [6, 6.07) is 12.2. The third-order valence-corrected chi connectivity index (χ3v) is 6.20. The Bertz CT molecular complexity index is 1190. The molecule has 2 aromatic carbocycles. The molecule has 0 spiro atoms. The number of carbonyl (C=O) groups excluding carboxylic acids is 2. The van der Waals surface area contributed by atoms with Crippen molar-refractivity contribution in [3.8, 4) is 11.3 Å². The van der Waals surface area contributed by atoms with Gasteiger partial charge in [0.15, 0.2) is 11.5 Å². The number of piperidine rings is 1. The summed E-state index contributed by atoms with van der Waals surface area (Å²) in [5.74, 6) is -0.565. The lowest BCUT2D eigenvalue weighted by Crippen LogP contribution is -2.46. The molecule has 1 aromatic heterocycles. The van der Waals surface area contributed by atoms with Crippen LogP contribution in [0.15, 0.2) is 48.7 Å². The van der Waals surface area contributed by atoms with E-state index in [-0.39, 0.29) is 35.8 Å². The fraction of sp³-hybridized carbons (Fsp3) is 0.250. The van der Waals surface area contributed by atoms with Gasteiger partial charge in [0.05, 0.1) is 18.3 Å². The summed E-state index contributed by atoms with van der Waals surface area (Å²) in [5.41, 5.74) is 8.27. The molecule has 5 N–H and O–H groups in total. The maximum atomic E-state index is 12.8. The molecule has 0 bridgehead atoms. The number of aromatic nitrogens is 2. The Hall–Kier alpha value is -3.20. The molecule has 2 heterocycles. The second-order valence-corrected chi connectivity index (χ2v) is 8.83. The van der Waals surface area contributed by atoms with Crippen LogP contribution in [0.5, 0.6) is 0 Å². The molecule has 1 fully saturated rings. The van der Waals surface area contributed by atoms with Crippen LogP contribution in [0, 0.1) is 0 Å². The first-order chi connectivity index (χ1) is 16.4. The van der Waals surface area contributed by atoms with E-state index in [4.69, 9.17) is 28.9 Å². The van der Waals surface area contributed by atoms with E-state index in [0.29, 0.717) is 39.1 Å². The first-order valence-corrected chi connectivity index (χ1v) is 11.6. The summed E-state index contributed by atoms with van der Waals surface area (Å²) in [6.45, 7) is 1.65. The number of amides is 2. The highest BCUT2D eigenvalue weighted by atomic mass is 35.5. The zero-order chi connectivity index (χ0) is 24.1. The molecule has 4 rings (SSSR count). The number of nitrogens with zero attached hydrogens (tertiary/aromatic N) is 2. The maximum absolute atomic E-state index is 12.8. The molecule has 0 radical (unpaired) electrons. The van der Waals surface area contributed by atoms with E-state index >= 15 is 0 Å². The molecule has 2 amide bonds. The number of nitrogens with two attached hydrogens (primary N) is 1. The minimum atomic E-state index is -0.360. The van der Waals surface area contributed by atoms with Crippen molar-refractivity contribution >= 4 is 46.5 Å². The van der Waals surface area contributed by atoms with Crippen molar-refractivity contribution in [3.05, 3.63) is 70.0 Å². The summed E-state index contributed by atoms with van der Waals surface area (Å²) in [6.07, 6.45) is 3.42. The predicted molar refractivity (Wildman–Crippen MR) is 134 cm³/mol. The van der Waals surface area contributed by atoms with Gasteiger partial charge in [0.1, 0.15) is 0 Å². The summed E-state index contributed by atoms with van der Waals surface area (Å²) in [7, 11) is 0. The van der Waals surface area contributed by atoms with E-state index < -0.39 is 0 Å². The number of rotatable bonds is 6. The third-order valence-electron chi connectivity index (χ3n) is 5.49. The number of carbonyl (C=O) groups is 2. The van der Waals surface area contributed by atoms with Crippen LogP contribution in [0.4, 0.5) is 11.5 Å². The Morgan fingerprint density at radius 2 is 1.91 bits per heavy atom. The molecule has 8 nitrogen and oxygen atoms in total. The molecule has 1 atom stereocenters. The van der Waals surface area contributed by atoms with Crippen LogP contribution in [-0.4, -0.2) is 40.9 Å². The van der Waals surface area contributed by atoms with Gasteiger partial charge in [-0.15, -0.1) is 0 Å². The number of nitrogens with one attached hydrogen (secondary N) is 3. The highest BCUT2D eigenvalue weighted by Crippen LogP contribution is 2.26. The normalized spacial score (nSPS) is 15.5. The van der Waals surface area contributed by atoms with Gasteiger partial charge in [-0.1, -0.05) is 41.4 Å². The van der Waals surface area contributed by atoms with Gasteiger partial charge in [-0.05, 0) is 49.2 Å². The fourth-order valence-corrected chi connectivity index (χ4v) is 4.29. The number of nitrogen functional groups attached to an aromatic ring is 1. The van der Waals surface area contributed by atoms with E-state index in [2.05, 4.69) is 25.9 Å². The van der Waals surface area contributed by atoms with Gasteiger partial charge in [-0.3, -0.25) is 9.59 Å². The summed E-state index contributed by atoms with van der Waals surface area (Å²) < 4.78 is 0. The molecular weight excluding hydrogens is 475 g/mol. The molecule has 1 aliphatic heterocycles. The van der Waals surface area contributed by atoms with E-state index in [1.54, 1.807) is 36.4 Å². The monoisotopic (exact) mass is 498 g/mol. The maximum Gasteiger partial charge on any atom is 0.274 e. The first-order valence-electron chi connectivity index (χ1n) is 10.9. The van der Waals surface area contributed by atoms with Crippen LogP contribution in [0.3, 0.4) is 0 Å². The SMILES string of the molecule is Nc1ncc(-c2cccc(NC(=O)Cc3c(Cl)cccc3Cl)c2)nc1C(=O)NC1CCCNC1. The van der Waals surface area contributed by atoms with Crippen molar-refractivity contribution in [3.63, 3.8) is 0 Å². The Morgan fingerprint density at radius 1 is 1.15 bits per heavy atom. The van der Waals surface area contributed by atoms with Gasteiger partial charge in [0.2, 0.25) is 5.91 Å². The lowest BCUT2D eigenvalue weighted by molar-refractivity contribution is -0.115. The Balaban J connectivity index is 1.49. The minimum absolute atomic E-state index is 0.0243. The molecule has 1 unspecified atom stereocenters. The van der Waals surface area contributed by atoms with Gasteiger partial charge in [0.25, 0.3) is 5.91 Å². The summed E-state index contributed by atoms with van der Waals surface area (Å²) >= 11 is 12.3. The molecule has 3 aromatic rings. The van der Waals surface area contributed by atoms with Gasteiger partial charge in [-0.25, -0.2) is 9.97 Å². The average molecular weight is 499 g/mol. The van der Waals surface area contributed by atoms with Crippen LogP contribution in [0.2, 0.25) is 10.0 Å². The molecule has 10 heteroatoms. The fourth-order valence-electron chi connectivity index (χ4n) is 3.76. The van der Waals surface area contributed by atoms with Crippen LogP contribution >= 0.6 is 23.2 Å².